The average molecular weight is 254 g/mol. The molecule has 1 unspecified atom stereocenters. The fourth-order valence-corrected chi connectivity index (χ4v) is 3.36. The Labute approximate surface area is 106 Å². The van der Waals surface area contributed by atoms with Gasteiger partial charge in [0.25, 0.3) is 0 Å². The van der Waals surface area contributed by atoms with Gasteiger partial charge in [0.15, 0.2) is 8.32 Å². The van der Waals surface area contributed by atoms with Gasteiger partial charge in [0.05, 0.1) is 5.60 Å². The molecule has 1 aliphatic rings. The molecule has 0 saturated heterocycles. The summed E-state index contributed by atoms with van der Waals surface area (Å²) < 4.78 is 6.44. The SMILES string of the molecule is CC1(O[Si](C)(C)C(C)(C)C)CC(N)=CC=C1N. The molecule has 0 saturated carbocycles. The van der Waals surface area contributed by atoms with Gasteiger partial charge < -0.3 is 15.9 Å². The molecule has 0 fully saturated rings. The van der Waals surface area contributed by atoms with E-state index >= 15 is 0 Å². The maximum atomic E-state index is 6.44. The van der Waals surface area contributed by atoms with Gasteiger partial charge in [0, 0.05) is 17.8 Å². The molecule has 0 aliphatic heterocycles. The molecular weight excluding hydrogens is 228 g/mol. The molecule has 3 nitrogen and oxygen atoms in total. The van der Waals surface area contributed by atoms with Crippen LogP contribution < -0.4 is 11.5 Å². The van der Waals surface area contributed by atoms with E-state index in [1.54, 1.807) is 0 Å². The second-order valence-electron chi connectivity index (χ2n) is 6.63. The highest BCUT2D eigenvalue weighted by Gasteiger charge is 2.44. The minimum atomic E-state index is -1.84. The number of rotatable bonds is 2. The number of hydrogen-bond donors (Lipinski definition) is 2. The second kappa shape index (κ2) is 4.17. The zero-order chi connectivity index (χ0) is 13.5. The zero-order valence-corrected chi connectivity index (χ0v) is 12.9. The van der Waals surface area contributed by atoms with Crippen molar-refractivity contribution in [3.05, 3.63) is 23.5 Å². The molecule has 0 aromatic carbocycles. The second-order valence-corrected chi connectivity index (χ2v) is 11.4. The van der Waals surface area contributed by atoms with E-state index in [0.717, 1.165) is 11.4 Å². The molecule has 0 radical (unpaired) electrons. The van der Waals surface area contributed by atoms with Crippen molar-refractivity contribution in [1.82, 2.24) is 0 Å². The van der Waals surface area contributed by atoms with E-state index in [2.05, 4.69) is 33.9 Å². The fraction of sp³-hybridized carbons (Fsp3) is 0.692. The van der Waals surface area contributed by atoms with Crippen molar-refractivity contribution in [3.63, 3.8) is 0 Å². The predicted molar refractivity (Wildman–Crippen MR) is 75.8 cm³/mol. The molecule has 0 aromatic rings. The van der Waals surface area contributed by atoms with Crippen LogP contribution in [0.1, 0.15) is 34.1 Å². The van der Waals surface area contributed by atoms with Gasteiger partial charge in [-0.15, -0.1) is 0 Å². The van der Waals surface area contributed by atoms with E-state index in [-0.39, 0.29) is 5.04 Å². The lowest BCUT2D eigenvalue weighted by Gasteiger charge is -2.45. The average Bonchev–Trinajstić information content (AvgIpc) is 2.09. The Kier molecular flexibility index (Phi) is 3.52. The number of hydrogen-bond acceptors (Lipinski definition) is 3. The molecule has 0 aromatic heterocycles. The quantitative estimate of drug-likeness (QED) is 0.745. The summed E-state index contributed by atoms with van der Waals surface area (Å²) in [5.74, 6) is 0. The Balaban J connectivity index is 2.96. The monoisotopic (exact) mass is 254 g/mol. The first-order valence-electron chi connectivity index (χ1n) is 6.10. The lowest BCUT2D eigenvalue weighted by molar-refractivity contribution is 0.106. The molecule has 0 amide bonds. The van der Waals surface area contributed by atoms with E-state index in [4.69, 9.17) is 15.9 Å². The third kappa shape index (κ3) is 2.93. The van der Waals surface area contributed by atoms with Gasteiger partial charge in [-0.2, -0.15) is 0 Å². The van der Waals surface area contributed by atoms with E-state index < -0.39 is 13.9 Å². The van der Waals surface area contributed by atoms with Crippen LogP contribution in [-0.2, 0) is 4.43 Å². The summed E-state index contributed by atoms with van der Waals surface area (Å²) in [6.45, 7) is 13.2. The Morgan fingerprint density at radius 2 is 1.76 bits per heavy atom. The van der Waals surface area contributed by atoms with Gasteiger partial charge in [-0.25, -0.2) is 0 Å². The number of nitrogens with two attached hydrogens (primary N) is 2. The van der Waals surface area contributed by atoms with Crippen LogP contribution in [0.3, 0.4) is 0 Å². The van der Waals surface area contributed by atoms with Crippen molar-refractivity contribution < 1.29 is 4.43 Å². The normalized spacial score (nSPS) is 26.5. The van der Waals surface area contributed by atoms with Gasteiger partial charge in [-0.3, -0.25) is 0 Å². The lowest BCUT2D eigenvalue weighted by Crippen LogP contribution is -2.51. The van der Waals surface area contributed by atoms with Crippen molar-refractivity contribution >= 4 is 8.32 Å². The third-order valence-corrected chi connectivity index (χ3v) is 8.49. The summed E-state index contributed by atoms with van der Waals surface area (Å²) in [5.41, 5.74) is 13.1. The maximum absolute atomic E-state index is 6.44. The van der Waals surface area contributed by atoms with Crippen LogP contribution in [0.2, 0.25) is 18.1 Å². The lowest BCUT2D eigenvalue weighted by atomic mass is 9.92. The molecule has 1 rings (SSSR count). The predicted octanol–water partition coefficient (Wildman–Crippen LogP) is 2.86. The summed E-state index contributed by atoms with van der Waals surface area (Å²) in [7, 11) is -1.84. The van der Waals surface area contributed by atoms with Gasteiger partial charge in [0.1, 0.15) is 0 Å². The van der Waals surface area contributed by atoms with Crippen LogP contribution in [0.5, 0.6) is 0 Å². The van der Waals surface area contributed by atoms with Crippen molar-refractivity contribution in [2.45, 2.75) is 57.8 Å². The molecule has 1 atom stereocenters. The van der Waals surface area contributed by atoms with Gasteiger partial charge in [0.2, 0.25) is 0 Å². The van der Waals surface area contributed by atoms with Crippen LogP contribution >= 0.6 is 0 Å². The summed E-state index contributed by atoms with van der Waals surface area (Å²) >= 11 is 0. The summed E-state index contributed by atoms with van der Waals surface area (Å²) in [5, 5.41) is 0.173. The molecule has 98 valence electrons. The van der Waals surface area contributed by atoms with Crippen molar-refractivity contribution in [2.75, 3.05) is 0 Å². The van der Waals surface area contributed by atoms with Crippen molar-refractivity contribution in [3.8, 4) is 0 Å². The summed E-state index contributed by atoms with van der Waals surface area (Å²) in [6.07, 6.45) is 4.42. The highest BCUT2D eigenvalue weighted by atomic mass is 28.4. The molecule has 0 bridgehead atoms. The topological polar surface area (TPSA) is 61.3 Å². The first-order chi connectivity index (χ1) is 7.48. The smallest absolute Gasteiger partial charge is 0.193 e. The highest BCUT2D eigenvalue weighted by Crippen LogP contribution is 2.42. The van der Waals surface area contributed by atoms with Crippen LogP contribution in [0.15, 0.2) is 23.5 Å². The maximum Gasteiger partial charge on any atom is 0.193 e. The summed E-state index contributed by atoms with van der Waals surface area (Å²) in [4.78, 5) is 0. The molecule has 0 spiro atoms. The van der Waals surface area contributed by atoms with Crippen LogP contribution in [0, 0.1) is 0 Å². The van der Waals surface area contributed by atoms with E-state index in [1.807, 2.05) is 19.1 Å². The zero-order valence-electron chi connectivity index (χ0n) is 11.9. The molecule has 0 heterocycles. The van der Waals surface area contributed by atoms with E-state index in [9.17, 15) is 0 Å². The summed E-state index contributed by atoms with van der Waals surface area (Å²) in [6, 6.07) is 0. The van der Waals surface area contributed by atoms with Crippen LogP contribution in [0.4, 0.5) is 0 Å². The van der Waals surface area contributed by atoms with Gasteiger partial charge in [-0.05, 0) is 37.2 Å². The first kappa shape index (κ1) is 14.3. The Morgan fingerprint density at radius 3 is 2.24 bits per heavy atom. The van der Waals surface area contributed by atoms with Crippen molar-refractivity contribution in [2.24, 2.45) is 11.5 Å². The van der Waals surface area contributed by atoms with Crippen LogP contribution in [0.25, 0.3) is 0 Å². The Bertz CT molecular complexity index is 366. The number of allylic oxidation sites excluding steroid dienone is 2. The van der Waals surface area contributed by atoms with Crippen molar-refractivity contribution in [1.29, 1.82) is 0 Å². The van der Waals surface area contributed by atoms with Gasteiger partial charge in [-0.1, -0.05) is 20.8 Å². The molecule has 1 aliphatic carbocycles. The third-order valence-electron chi connectivity index (χ3n) is 3.92. The highest BCUT2D eigenvalue weighted by molar-refractivity contribution is 6.74. The molecule has 17 heavy (non-hydrogen) atoms. The molecule has 4 N–H and O–H groups in total. The molecular formula is C13H26N2OSi. The van der Waals surface area contributed by atoms with Crippen LogP contribution in [-0.4, -0.2) is 13.9 Å². The minimum absolute atomic E-state index is 0.173. The minimum Gasteiger partial charge on any atom is -0.406 e. The largest absolute Gasteiger partial charge is 0.406 e. The standard InChI is InChI=1S/C13H26N2OSi/c1-12(2,3)17(5,6)16-13(4)9-10(14)7-8-11(13)15/h7-8H,9,14-15H2,1-6H3. The first-order valence-corrected chi connectivity index (χ1v) is 9.01. The Hall–Kier alpha value is -0.743. The van der Waals surface area contributed by atoms with E-state index in [1.165, 1.54) is 0 Å². The van der Waals surface area contributed by atoms with Gasteiger partial charge >= 0.3 is 0 Å². The van der Waals surface area contributed by atoms with E-state index in [0.29, 0.717) is 6.42 Å². The fourth-order valence-electron chi connectivity index (χ4n) is 1.73. The molecule has 4 heteroatoms. The Morgan fingerprint density at radius 1 is 1.24 bits per heavy atom.